The lowest BCUT2D eigenvalue weighted by Crippen LogP contribution is -2.40. The van der Waals surface area contributed by atoms with Crippen LogP contribution in [0.1, 0.15) is 52.0 Å². The van der Waals surface area contributed by atoms with E-state index in [0.29, 0.717) is 37.2 Å². The second-order valence-electron chi connectivity index (χ2n) is 7.94. The topological polar surface area (TPSA) is 89.5 Å². The molecule has 1 fully saturated rings. The first kappa shape index (κ1) is 21.9. The van der Waals surface area contributed by atoms with Crippen LogP contribution in [0.4, 0.5) is 5.69 Å². The average Bonchev–Trinajstić information content (AvgIpc) is 3.02. The normalized spacial score (nSPS) is 17.2. The first-order valence-electron chi connectivity index (χ1n) is 10.5. The first-order chi connectivity index (χ1) is 14.4. The molecule has 1 saturated heterocycles. The van der Waals surface area contributed by atoms with E-state index in [0.717, 1.165) is 36.9 Å². The van der Waals surface area contributed by atoms with Crippen molar-refractivity contribution < 1.29 is 23.8 Å². The number of ether oxygens (including phenoxy) is 3. The van der Waals surface area contributed by atoms with Gasteiger partial charge in [-0.1, -0.05) is 13.8 Å². The van der Waals surface area contributed by atoms with Crippen LogP contribution in [-0.4, -0.2) is 49.1 Å². The van der Waals surface area contributed by atoms with Gasteiger partial charge in [0.05, 0.1) is 32.6 Å². The molecule has 1 N–H and O–H groups in total. The SMILES string of the molecule is COc1c(OCCCCCCOC(C)=O)ccc2c1CN1C(=N2)NC(=O)C1C(C)C. The van der Waals surface area contributed by atoms with Crippen LogP contribution in [0.5, 0.6) is 11.5 Å². The Labute approximate surface area is 177 Å². The zero-order valence-electron chi connectivity index (χ0n) is 18.2. The molecular weight excluding hydrogens is 386 g/mol. The van der Waals surface area contributed by atoms with Crippen molar-refractivity contribution in [3.05, 3.63) is 17.7 Å². The van der Waals surface area contributed by atoms with Gasteiger partial charge in [0.1, 0.15) is 6.04 Å². The third-order valence-corrected chi connectivity index (χ3v) is 5.30. The molecule has 8 heteroatoms. The van der Waals surface area contributed by atoms with E-state index in [1.807, 2.05) is 30.9 Å². The lowest BCUT2D eigenvalue weighted by molar-refractivity contribution is -0.141. The fraction of sp³-hybridized carbons (Fsp3) is 0.591. The molecule has 1 atom stereocenters. The number of carbonyl (C=O) groups is 2. The number of rotatable bonds is 10. The lowest BCUT2D eigenvalue weighted by Gasteiger charge is -2.30. The highest BCUT2D eigenvalue weighted by atomic mass is 16.5. The third-order valence-electron chi connectivity index (χ3n) is 5.30. The van der Waals surface area contributed by atoms with Gasteiger partial charge in [-0.15, -0.1) is 0 Å². The highest BCUT2D eigenvalue weighted by molar-refractivity contribution is 6.08. The molecule has 164 valence electrons. The number of amides is 1. The maximum absolute atomic E-state index is 12.3. The fourth-order valence-corrected chi connectivity index (χ4v) is 3.89. The summed E-state index contributed by atoms with van der Waals surface area (Å²) in [5, 5.41) is 2.89. The standard InChI is InChI=1S/C22H31N3O5/c1-14(2)19-21(27)24-22-23-17-9-10-18(20(28-4)16(17)13-25(19)22)30-12-8-6-5-7-11-29-15(3)26/h9-10,14,19H,5-8,11-13H2,1-4H3,(H,23,24,27). The highest BCUT2D eigenvalue weighted by Crippen LogP contribution is 2.42. The minimum Gasteiger partial charge on any atom is -0.492 e. The molecule has 0 aromatic heterocycles. The van der Waals surface area contributed by atoms with Crippen LogP contribution < -0.4 is 14.8 Å². The van der Waals surface area contributed by atoms with Gasteiger partial charge in [-0.05, 0) is 43.7 Å². The highest BCUT2D eigenvalue weighted by Gasteiger charge is 2.41. The van der Waals surface area contributed by atoms with Crippen LogP contribution in [-0.2, 0) is 20.9 Å². The van der Waals surface area contributed by atoms with Crippen molar-refractivity contribution in [1.82, 2.24) is 10.2 Å². The minimum atomic E-state index is -0.238. The van der Waals surface area contributed by atoms with Crippen LogP contribution in [0.25, 0.3) is 0 Å². The van der Waals surface area contributed by atoms with Gasteiger partial charge in [0.2, 0.25) is 11.9 Å². The van der Waals surface area contributed by atoms with Crippen LogP contribution in [0.2, 0.25) is 0 Å². The van der Waals surface area contributed by atoms with Crippen LogP contribution in [0, 0.1) is 5.92 Å². The van der Waals surface area contributed by atoms with Crippen molar-refractivity contribution in [2.24, 2.45) is 10.9 Å². The predicted molar refractivity (Wildman–Crippen MR) is 113 cm³/mol. The van der Waals surface area contributed by atoms with Crippen molar-refractivity contribution in [3.63, 3.8) is 0 Å². The van der Waals surface area contributed by atoms with E-state index in [9.17, 15) is 9.59 Å². The number of nitrogens with one attached hydrogen (secondary N) is 1. The van der Waals surface area contributed by atoms with Gasteiger partial charge in [0.15, 0.2) is 11.5 Å². The van der Waals surface area contributed by atoms with Crippen molar-refractivity contribution in [3.8, 4) is 11.5 Å². The Balaban J connectivity index is 1.60. The Bertz CT molecular complexity index is 821. The summed E-state index contributed by atoms with van der Waals surface area (Å²) in [4.78, 5) is 29.7. The molecule has 30 heavy (non-hydrogen) atoms. The smallest absolute Gasteiger partial charge is 0.302 e. The molecule has 2 aliphatic rings. The Morgan fingerprint density at radius 2 is 1.97 bits per heavy atom. The Morgan fingerprint density at radius 3 is 2.63 bits per heavy atom. The minimum absolute atomic E-state index is 0.0132. The number of carbonyl (C=O) groups excluding carboxylic acids is 2. The zero-order valence-corrected chi connectivity index (χ0v) is 18.2. The molecule has 8 nitrogen and oxygen atoms in total. The van der Waals surface area contributed by atoms with Crippen molar-refractivity contribution >= 4 is 23.5 Å². The average molecular weight is 418 g/mol. The number of benzene rings is 1. The Morgan fingerprint density at radius 1 is 1.23 bits per heavy atom. The number of methoxy groups -OCH3 is 1. The maximum atomic E-state index is 12.3. The molecule has 1 aromatic rings. The summed E-state index contributed by atoms with van der Waals surface area (Å²) in [5.74, 6) is 1.89. The molecule has 1 amide bonds. The number of hydrogen-bond acceptors (Lipinski definition) is 7. The number of hydrogen-bond donors (Lipinski definition) is 1. The Kier molecular flexibility index (Phi) is 7.18. The molecular formula is C22H31N3O5. The number of nitrogens with zero attached hydrogens (tertiary/aromatic N) is 2. The molecule has 3 rings (SSSR count). The quantitative estimate of drug-likeness (QED) is 0.465. The number of guanidine groups is 1. The number of aliphatic imine (C=N–C) groups is 1. The van der Waals surface area contributed by atoms with Gasteiger partial charge in [-0.25, -0.2) is 4.99 Å². The van der Waals surface area contributed by atoms with Gasteiger partial charge < -0.3 is 19.1 Å². The van der Waals surface area contributed by atoms with Crippen molar-refractivity contribution in [1.29, 1.82) is 0 Å². The molecule has 0 saturated carbocycles. The van der Waals surface area contributed by atoms with E-state index in [1.54, 1.807) is 7.11 Å². The molecule has 1 aromatic carbocycles. The summed E-state index contributed by atoms with van der Waals surface area (Å²) in [6.07, 6.45) is 3.76. The van der Waals surface area contributed by atoms with E-state index in [-0.39, 0.29) is 23.8 Å². The molecule has 0 bridgehead atoms. The van der Waals surface area contributed by atoms with Gasteiger partial charge in [-0.2, -0.15) is 0 Å². The number of esters is 1. The summed E-state index contributed by atoms with van der Waals surface area (Å²) in [6, 6.07) is 3.54. The maximum Gasteiger partial charge on any atom is 0.302 e. The Hall–Kier alpha value is -2.77. The molecule has 0 spiro atoms. The summed E-state index contributed by atoms with van der Waals surface area (Å²) < 4.78 is 16.6. The zero-order chi connectivity index (χ0) is 21.7. The van der Waals surface area contributed by atoms with E-state index >= 15 is 0 Å². The van der Waals surface area contributed by atoms with Crippen molar-refractivity contribution in [2.75, 3.05) is 20.3 Å². The van der Waals surface area contributed by atoms with Gasteiger partial charge >= 0.3 is 5.97 Å². The van der Waals surface area contributed by atoms with E-state index < -0.39 is 0 Å². The molecule has 2 heterocycles. The van der Waals surface area contributed by atoms with E-state index in [4.69, 9.17) is 14.2 Å². The van der Waals surface area contributed by atoms with Crippen LogP contribution in [0.3, 0.4) is 0 Å². The molecule has 0 radical (unpaired) electrons. The number of unbranched alkanes of at least 4 members (excludes halogenated alkanes) is 3. The summed E-state index contributed by atoms with van der Waals surface area (Å²) in [7, 11) is 1.63. The number of fused-ring (bicyclic) bond motifs is 2. The second kappa shape index (κ2) is 9.82. The third kappa shape index (κ3) is 4.86. The predicted octanol–water partition coefficient (Wildman–Crippen LogP) is 3.16. The van der Waals surface area contributed by atoms with E-state index in [1.165, 1.54) is 6.92 Å². The second-order valence-corrected chi connectivity index (χ2v) is 7.94. The molecule has 2 aliphatic heterocycles. The van der Waals surface area contributed by atoms with Gasteiger partial charge in [0.25, 0.3) is 0 Å². The summed E-state index contributed by atoms with van der Waals surface area (Å²) >= 11 is 0. The van der Waals surface area contributed by atoms with Gasteiger partial charge in [0, 0.05) is 12.5 Å². The lowest BCUT2D eigenvalue weighted by atomic mass is 10.0. The van der Waals surface area contributed by atoms with Crippen LogP contribution >= 0.6 is 0 Å². The summed E-state index contributed by atoms with van der Waals surface area (Å²) in [6.45, 7) is 7.09. The first-order valence-corrected chi connectivity index (χ1v) is 10.5. The summed E-state index contributed by atoms with van der Waals surface area (Å²) in [5.41, 5.74) is 1.72. The van der Waals surface area contributed by atoms with E-state index in [2.05, 4.69) is 10.3 Å². The van der Waals surface area contributed by atoms with Gasteiger partial charge in [-0.3, -0.25) is 14.9 Å². The largest absolute Gasteiger partial charge is 0.492 e. The fourth-order valence-electron chi connectivity index (χ4n) is 3.89. The van der Waals surface area contributed by atoms with Crippen LogP contribution in [0.15, 0.2) is 17.1 Å². The molecule has 1 unspecified atom stereocenters. The van der Waals surface area contributed by atoms with Crippen molar-refractivity contribution in [2.45, 2.75) is 59.0 Å². The monoisotopic (exact) mass is 417 g/mol. The molecule has 0 aliphatic carbocycles.